The van der Waals surface area contributed by atoms with E-state index in [1.165, 1.54) is 0 Å². The van der Waals surface area contributed by atoms with Crippen molar-refractivity contribution in [1.82, 2.24) is 19.8 Å². The molecule has 1 fully saturated rings. The van der Waals surface area contributed by atoms with Crippen molar-refractivity contribution < 1.29 is 13.2 Å². The summed E-state index contributed by atoms with van der Waals surface area (Å²) in [5.41, 5.74) is 2.81. The van der Waals surface area contributed by atoms with Crippen molar-refractivity contribution in [1.29, 1.82) is 0 Å². The van der Waals surface area contributed by atoms with Gasteiger partial charge in [-0.3, -0.25) is 9.69 Å². The zero-order valence-corrected chi connectivity index (χ0v) is 17.8. The van der Waals surface area contributed by atoms with Crippen LogP contribution in [0.25, 0.3) is 11.0 Å². The van der Waals surface area contributed by atoms with Crippen LogP contribution >= 0.6 is 0 Å². The molecule has 1 unspecified atom stereocenters. The minimum absolute atomic E-state index is 0.0786. The molecule has 7 nitrogen and oxygen atoms in total. The van der Waals surface area contributed by atoms with E-state index < -0.39 is 15.9 Å². The van der Waals surface area contributed by atoms with Gasteiger partial charge in [-0.2, -0.15) is 0 Å². The minimum Gasteiger partial charge on any atom is -0.347 e. The van der Waals surface area contributed by atoms with Gasteiger partial charge >= 0.3 is 0 Å². The molecule has 158 valence electrons. The molecule has 2 heterocycles. The Morgan fingerprint density at radius 2 is 1.73 bits per heavy atom. The first-order chi connectivity index (χ1) is 14.5. The number of aryl methyl sites for hydroxylation is 1. The summed E-state index contributed by atoms with van der Waals surface area (Å²) in [4.78, 5) is 19.9. The van der Waals surface area contributed by atoms with Crippen molar-refractivity contribution >= 4 is 26.8 Å². The number of benzene rings is 2. The summed E-state index contributed by atoms with van der Waals surface area (Å²) in [6.07, 6.45) is 0. The van der Waals surface area contributed by atoms with E-state index in [-0.39, 0.29) is 17.4 Å². The second kappa shape index (κ2) is 8.57. The second-order valence-electron chi connectivity index (χ2n) is 7.48. The van der Waals surface area contributed by atoms with Crippen LogP contribution in [0.3, 0.4) is 0 Å². The Labute approximate surface area is 176 Å². The first-order valence-electron chi connectivity index (χ1n) is 10.2. The number of carbonyl (C=O) groups excluding carboxylic acids is 1. The molecule has 0 saturated carbocycles. The monoisotopic (exact) mass is 426 g/mol. The predicted molar refractivity (Wildman–Crippen MR) is 117 cm³/mol. The van der Waals surface area contributed by atoms with Gasteiger partial charge in [-0.05, 0) is 24.6 Å². The maximum Gasteiger partial charge on any atom is 0.242 e. The number of sulfone groups is 1. The largest absolute Gasteiger partial charge is 0.347 e. The molecule has 1 saturated heterocycles. The summed E-state index contributed by atoms with van der Waals surface area (Å²) in [5.74, 6) is 0.820. The molecule has 0 aliphatic carbocycles. The molecule has 30 heavy (non-hydrogen) atoms. The molecule has 2 aromatic carbocycles. The number of amides is 1. The molecular weight excluding hydrogens is 400 g/mol. The first kappa shape index (κ1) is 20.6. The molecule has 0 spiro atoms. The van der Waals surface area contributed by atoms with Gasteiger partial charge in [-0.1, -0.05) is 42.5 Å². The van der Waals surface area contributed by atoms with E-state index in [2.05, 4.69) is 21.8 Å². The number of nitrogens with one attached hydrogen (secondary N) is 1. The third kappa shape index (κ3) is 4.24. The summed E-state index contributed by atoms with van der Waals surface area (Å²) >= 11 is 0. The lowest BCUT2D eigenvalue weighted by Crippen LogP contribution is -2.47. The van der Waals surface area contributed by atoms with Crippen molar-refractivity contribution in [3.05, 3.63) is 66.0 Å². The SMILES string of the molecule is CCn1c(CNC(=O)C(c2ccccc2)N2CCS(=O)(=O)CC2)nc2ccccc21. The molecule has 1 atom stereocenters. The van der Waals surface area contributed by atoms with Crippen LogP contribution < -0.4 is 5.32 Å². The van der Waals surface area contributed by atoms with Gasteiger partial charge in [0.1, 0.15) is 11.9 Å². The van der Waals surface area contributed by atoms with E-state index in [0.29, 0.717) is 19.6 Å². The molecule has 1 N–H and O–H groups in total. The summed E-state index contributed by atoms with van der Waals surface area (Å²) in [7, 11) is -3.02. The maximum atomic E-state index is 13.3. The molecule has 3 aromatic rings. The van der Waals surface area contributed by atoms with Crippen LogP contribution in [0.1, 0.15) is 24.4 Å². The van der Waals surface area contributed by atoms with Gasteiger partial charge in [0.15, 0.2) is 9.84 Å². The summed E-state index contributed by atoms with van der Waals surface area (Å²) in [6.45, 7) is 3.83. The molecule has 8 heteroatoms. The average Bonchev–Trinajstić information content (AvgIpc) is 3.12. The first-order valence-corrected chi connectivity index (χ1v) is 12.0. The summed E-state index contributed by atoms with van der Waals surface area (Å²) in [5, 5.41) is 3.04. The van der Waals surface area contributed by atoms with Gasteiger partial charge in [-0.25, -0.2) is 13.4 Å². The van der Waals surface area contributed by atoms with E-state index >= 15 is 0 Å². The Morgan fingerprint density at radius 3 is 2.43 bits per heavy atom. The Hall–Kier alpha value is -2.71. The molecule has 0 radical (unpaired) electrons. The van der Waals surface area contributed by atoms with E-state index in [0.717, 1.165) is 29.0 Å². The highest BCUT2D eigenvalue weighted by atomic mass is 32.2. The highest BCUT2D eigenvalue weighted by Gasteiger charge is 2.32. The van der Waals surface area contributed by atoms with Crippen LogP contribution in [0.15, 0.2) is 54.6 Å². The fourth-order valence-electron chi connectivity index (χ4n) is 4.02. The maximum absolute atomic E-state index is 13.3. The van der Waals surface area contributed by atoms with Gasteiger partial charge in [-0.15, -0.1) is 0 Å². The fourth-order valence-corrected chi connectivity index (χ4v) is 5.25. The van der Waals surface area contributed by atoms with Gasteiger partial charge in [0.2, 0.25) is 5.91 Å². The average molecular weight is 427 g/mol. The second-order valence-corrected chi connectivity index (χ2v) is 9.78. The molecule has 1 aliphatic heterocycles. The van der Waals surface area contributed by atoms with Crippen molar-refractivity contribution in [2.24, 2.45) is 0 Å². The number of imidazole rings is 1. The normalized spacial score (nSPS) is 17.6. The van der Waals surface area contributed by atoms with Crippen LogP contribution in [-0.4, -0.2) is 53.4 Å². The Balaban J connectivity index is 1.55. The molecule has 0 bridgehead atoms. The Bertz CT molecular complexity index is 1130. The standard InChI is InChI=1S/C22H26N4O3S/c1-2-26-19-11-7-6-10-18(19)24-20(26)16-23-22(27)21(17-8-4-3-5-9-17)25-12-14-30(28,29)15-13-25/h3-11,21H,2,12-16H2,1H3,(H,23,27). The summed E-state index contributed by atoms with van der Waals surface area (Å²) in [6, 6.07) is 16.9. The van der Waals surface area contributed by atoms with E-state index in [1.54, 1.807) is 0 Å². The van der Waals surface area contributed by atoms with Crippen LogP contribution in [0, 0.1) is 0 Å². The van der Waals surface area contributed by atoms with Gasteiger partial charge < -0.3 is 9.88 Å². The van der Waals surface area contributed by atoms with Crippen molar-refractivity contribution in [2.45, 2.75) is 26.1 Å². The number of fused-ring (bicyclic) bond motifs is 1. The van der Waals surface area contributed by atoms with Gasteiger partial charge in [0.25, 0.3) is 0 Å². The molecular formula is C22H26N4O3S. The third-order valence-electron chi connectivity index (χ3n) is 5.58. The highest BCUT2D eigenvalue weighted by Crippen LogP contribution is 2.23. The number of hydrogen-bond acceptors (Lipinski definition) is 5. The zero-order valence-electron chi connectivity index (χ0n) is 17.0. The molecule has 1 aliphatic rings. The van der Waals surface area contributed by atoms with Crippen LogP contribution in [0.5, 0.6) is 0 Å². The Kier molecular flexibility index (Phi) is 5.87. The highest BCUT2D eigenvalue weighted by molar-refractivity contribution is 7.91. The van der Waals surface area contributed by atoms with Crippen molar-refractivity contribution in [3.63, 3.8) is 0 Å². The number of rotatable bonds is 6. The van der Waals surface area contributed by atoms with Crippen molar-refractivity contribution in [3.8, 4) is 0 Å². The van der Waals surface area contributed by atoms with Gasteiger partial charge in [0.05, 0.1) is 29.1 Å². The third-order valence-corrected chi connectivity index (χ3v) is 7.19. The summed E-state index contributed by atoms with van der Waals surface area (Å²) < 4.78 is 25.8. The van der Waals surface area contributed by atoms with E-state index in [9.17, 15) is 13.2 Å². The van der Waals surface area contributed by atoms with Crippen LogP contribution in [-0.2, 0) is 27.7 Å². The number of hydrogen-bond donors (Lipinski definition) is 1. The molecule has 1 amide bonds. The quantitative estimate of drug-likeness (QED) is 0.653. The number of aromatic nitrogens is 2. The number of carbonyl (C=O) groups is 1. The lowest BCUT2D eigenvalue weighted by Gasteiger charge is -2.33. The van der Waals surface area contributed by atoms with Crippen molar-refractivity contribution in [2.75, 3.05) is 24.6 Å². The zero-order chi connectivity index (χ0) is 21.1. The molecule has 4 rings (SSSR count). The predicted octanol–water partition coefficient (Wildman–Crippen LogP) is 2.14. The topological polar surface area (TPSA) is 84.3 Å². The number of para-hydroxylation sites is 2. The van der Waals surface area contributed by atoms with E-state index in [4.69, 9.17) is 0 Å². The van der Waals surface area contributed by atoms with Crippen LogP contribution in [0.2, 0.25) is 0 Å². The lowest BCUT2D eigenvalue weighted by atomic mass is 10.0. The van der Waals surface area contributed by atoms with Gasteiger partial charge in [0, 0.05) is 19.6 Å². The minimum atomic E-state index is -3.02. The van der Waals surface area contributed by atoms with Crippen LogP contribution in [0.4, 0.5) is 0 Å². The smallest absolute Gasteiger partial charge is 0.242 e. The number of nitrogens with zero attached hydrogens (tertiary/aromatic N) is 3. The Morgan fingerprint density at radius 1 is 1.07 bits per heavy atom. The fraction of sp³-hybridized carbons (Fsp3) is 0.364. The molecule has 1 aromatic heterocycles. The lowest BCUT2D eigenvalue weighted by molar-refractivity contribution is -0.126. The van der Waals surface area contributed by atoms with E-state index in [1.807, 2.05) is 59.5 Å².